The average molecular weight is 430 g/mol. The maximum atomic E-state index is 10.9. The summed E-state index contributed by atoms with van der Waals surface area (Å²) in [4.78, 5) is 20.0. The molecule has 1 heterocycles. The van der Waals surface area contributed by atoms with Crippen LogP contribution in [0.3, 0.4) is 0 Å². The van der Waals surface area contributed by atoms with Crippen LogP contribution >= 0.6 is 0 Å². The number of benzene rings is 2. The van der Waals surface area contributed by atoms with Crippen molar-refractivity contribution in [2.45, 2.75) is 57.4 Å². The van der Waals surface area contributed by atoms with Crippen LogP contribution in [0.1, 0.15) is 56.1 Å². The van der Waals surface area contributed by atoms with E-state index in [0.717, 1.165) is 28.2 Å². The van der Waals surface area contributed by atoms with Crippen molar-refractivity contribution in [1.29, 1.82) is 0 Å². The molecule has 0 bridgehead atoms. The van der Waals surface area contributed by atoms with E-state index < -0.39 is 12.0 Å². The maximum Gasteiger partial charge on any atom is 0.320 e. The minimum Gasteiger partial charge on any atom is -0.480 e. The summed E-state index contributed by atoms with van der Waals surface area (Å²) in [6, 6.07) is 15.6. The summed E-state index contributed by atoms with van der Waals surface area (Å²) >= 11 is 0. The molecule has 5 nitrogen and oxygen atoms in total. The van der Waals surface area contributed by atoms with Gasteiger partial charge in [0, 0.05) is 23.5 Å². The molecule has 0 saturated heterocycles. The highest BCUT2D eigenvalue weighted by molar-refractivity contribution is 5.73. The second-order valence-corrected chi connectivity index (χ2v) is 8.89. The van der Waals surface area contributed by atoms with Crippen LogP contribution in [-0.4, -0.2) is 27.1 Å². The van der Waals surface area contributed by atoms with Crippen LogP contribution in [-0.2, 0) is 11.2 Å². The molecule has 0 spiro atoms. The Kier molecular flexibility index (Phi) is 6.96. The van der Waals surface area contributed by atoms with E-state index in [1.54, 1.807) is 0 Å². The van der Waals surface area contributed by atoms with Crippen LogP contribution in [0.4, 0.5) is 0 Å². The maximum absolute atomic E-state index is 10.9. The van der Waals surface area contributed by atoms with E-state index in [9.17, 15) is 4.79 Å². The molecule has 5 heteroatoms. The fourth-order valence-corrected chi connectivity index (χ4v) is 4.61. The third-order valence-corrected chi connectivity index (χ3v) is 6.78. The van der Waals surface area contributed by atoms with Crippen LogP contribution in [0.15, 0.2) is 60.9 Å². The smallest absolute Gasteiger partial charge is 0.320 e. The quantitative estimate of drug-likeness (QED) is 0.521. The molecule has 166 valence electrons. The van der Waals surface area contributed by atoms with E-state index in [-0.39, 0.29) is 0 Å². The third-order valence-electron chi connectivity index (χ3n) is 6.78. The Bertz CT molecular complexity index is 1020. The number of rotatable bonds is 7. The van der Waals surface area contributed by atoms with Gasteiger partial charge in [-0.1, -0.05) is 61.9 Å². The number of carbonyl (C=O) groups is 1. The van der Waals surface area contributed by atoms with E-state index in [1.807, 2.05) is 36.7 Å². The number of hydrogen-bond donors (Lipinski definition) is 2. The summed E-state index contributed by atoms with van der Waals surface area (Å²) in [6.45, 7) is 2.31. The van der Waals surface area contributed by atoms with Gasteiger partial charge in [-0.25, -0.2) is 9.97 Å². The monoisotopic (exact) mass is 429 g/mol. The van der Waals surface area contributed by atoms with Gasteiger partial charge in [0.1, 0.15) is 6.04 Å². The lowest BCUT2D eigenvalue weighted by Crippen LogP contribution is -2.32. The van der Waals surface area contributed by atoms with Gasteiger partial charge in [-0.2, -0.15) is 0 Å². The van der Waals surface area contributed by atoms with Gasteiger partial charge in [-0.15, -0.1) is 0 Å². The molecule has 4 rings (SSSR count). The van der Waals surface area contributed by atoms with Crippen LogP contribution in [0.5, 0.6) is 0 Å². The minimum absolute atomic E-state index is 0.297. The minimum atomic E-state index is -0.995. The van der Waals surface area contributed by atoms with Crippen molar-refractivity contribution < 1.29 is 9.90 Å². The van der Waals surface area contributed by atoms with Crippen molar-refractivity contribution in [2.24, 2.45) is 11.7 Å². The third kappa shape index (κ3) is 5.22. The summed E-state index contributed by atoms with van der Waals surface area (Å²) in [6.07, 6.45) is 10.6. The zero-order valence-electron chi connectivity index (χ0n) is 18.6. The van der Waals surface area contributed by atoms with Gasteiger partial charge in [-0.3, -0.25) is 4.79 Å². The molecule has 0 aliphatic heterocycles. The Labute approximate surface area is 189 Å². The first-order valence-electron chi connectivity index (χ1n) is 11.5. The predicted molar refractivity (Wildman–Crippen MR) is 127 cm³/mol. The van der Waals surface area contributed by atoms with Gasteiger partial charge in [0.2, 0.25) is 0 Å². The lowest BCUT2D eigenvalue weighted by Gasteiger charge is -2.28. The molecule has 1 atom stereocenters. The molecule has 0 unspecified atom stereocenters. The number of aromatic nitrogens is 2. The highest BCUT2D eigenvalue weighted by Crippen LogP contribution is 2.37. The average Bonchev–Trinajstić information content (AvgIpc) is 2.85. The van der Waals surface area contributed by atoms with Gasteiger partial charge >= 0.3 is 5.97 Å². The molecular formula is C27H31N3O2. The van der Waals surface area contributed by atoms with E-state index in [4.69, 9.17) is 10.8 Å². The highest BCUT2D eigenvalue weighted by Gasteiger charge is 2.21. The molecule has 3 aromatic rings. The van der Waals surface area contributed by atoms with Crippen molar-refractivity contribution in [2.75, 3.05) is 0 Å². The summed E-state index contributed by atoms with van der Waals surface area (Å²) < 4.78 is 0. The normalized spacial score (nSPS) is 19.4. The van der Waals surface area contributed by atoms with Gasteiger partial charge in [0.05, 0.1) is 0 Å². The highest BCUT2D eigenvalue weighted by atomic mass is 16.4. The largest absolute Gasteiger partial charge is 0.480 e. The molecule has 2 aromatic carbocycles. The molecule has 1 aliphatic rings. The molecule has 32 heavy (non-hydrogen) atoms. The summed E-state index contributed by atoms with van der Waals surface area (Å²) in [5.41, 5.74) is 10.9. The second-order valence-electron chi connectivity index (χ2n) is 8.89. The number of nitrogens with zero attached hydrogens (tertiary/aromatic N) is 2. The Morgan fingerprint density at radius 3 is 2.09 bits per heavy atom. The van der Waals surface area contributed by atoms with E-state index in [2.05, 4.69) is 41.2 Å². The Morgan fingerprint density at radius 2 is 1.53 bits per heavy atom. The molecule has 1 aromatic heterocycles. The molecule has 1 fully saturated rings. The van der Waals surface area contributed by atoms with E-state index in [1.165, 1.54) is 37.7 Å². The van der Waals surface area contributed by atoms with Crippen LogP contribution in [0, 0.1) is 5.92 Å². The number of aliphatic carboxylic acids is 1. The Balaban J connectivity index is 1.41. The molecule has 3 N–H and O–H groups in total. The molecule has 1 aliphatic carbocycles. The first kappa shape index (κ1) is 22.2. The molecule has 0 amide bonds. The topological polar surface area (TPSA) is 89.1 Å². The fourth-order valence-electron chi connectivity index (χ4n) is 4.61. The van der Waals surface area contributed by atoms with E-state index in [0.29, 0.717) is 18.2 Å². The van der Waals surface area contributed by atoms with Gasteiger partial charge < -0.3 is 10.8 Å². The lowest BCUT2D eigenvalue weighted by atomic mass is 9.78. The fraction of sp³-hybridized carbons (Fsp3) is 0.370. The van der Waals surface area contributed by atoms with Crippen molar-refractivity contribution in [3.05, 3.63) is 72.1 Å². The first-order valence-corrected chi connectivity index (χ1v) is 11.5. The van der Waals surface area contributed by atoms with Crippen molar-refractivity contribution in [3.63, 3.8) is 0 Å². The predicted octanol–water partition coefficient (Wildman–Crippen LogP) is 5.45. The van der Waals surface area contributed by atoms with Gasteiger partial charge in [-0.05, 0) is 60.6 Å². The first-order chi connectivity index (χ1) is 15.5. The van der Waals surface area contributed by atoms with Crippen molar-refractivity contribution in [1.82, 2.24) is 9.97 Å². The van der Waals surface area contributed by atoms with E-state index >= 15 is 0 Å². The summed E-state index contributed by atoms with van der Waals surface area (Å²) in [7, 11) is 0. The Morgan fingerprint density at radius 1 is 0.938 bits per heavy atom. The molecule has 0 radical (unpaired) electrons. The Hall–Kier alpha value is -3.05. The zero-order valence-corrected chi connectivity index (χ0v) is 18.6. The molecule has 1 saturated carbocycles. The second kappa shape index (κ2) is 10.0. The van der Waals surface area contributed by atoms with Crippen LogP contribution in [0.2, 0.25) is 0 Å². The molecular weight excluding hydrogens is 398 g/mol. The number of carboxylic acids is 1. The van der Waals surface area contributed by atoms with Gasteiger partial charge in [0.15, 0.2) is 5.82 Å². The number of nitrogens with two attached hydrogens (primary N) is 1. The SMILES string of the molecule is CC[C@H]1CC[C@H](c2ccc(-c3cnc(-c4ccc(C[C@H](N)C(=O)O)cc4)nc3)cc2)CC1. The van der Waals surface area contributed by atoms with Crippen molar-refractivity contribution >= 4 is 5.97 Å². The van der Waals surface area contributed by atoms with Crippen molar-refractivity contribution in [3.8, 4) is 22.5 Å². The van der Waals surface area contributed by atoms with Crippen LogP contribution < -0.4 is 5.73 Å². The zero-order chi connectivity index (χ0) is 22.5. The van der Waals surface area contributed by atoms with Gasteiger partial charge in [0.25, 0.3) is 0 Å². The summed E-state index contributed by atoms with van der Waals surface area (Å²) in [5.74, 6) is 1.26. The number of hydrogen-bond acceptors (Lipinski definition) is 4. The summed E-state index contributed by atoms with van der Waals surface area (Å²) in [5, 5.41) is 8.95. The number of carboxylic acid groups (broad SMARTS) is 1. The standard InChI is InChI=1S/C27H31N3O2/c1-2-18-3-7-20(8-4-18)21-11-13-22(14-12-21)24-16-29-26(30-17-24)23-9-5-19(6-10-23)15-25(28)27(31)32/h5-6,9-14,16-18,20,25H,2-4,7-8,15,28H2,1H3,(H,31,32)/t18-,20-,25-/m0/s1. The van der Waals surface area contributed by atoms with Crippen LogP contribution in [0.25, 0.3) is 22.5 Å². The lowest BCUT2D eigenvalue weighted by molar-refractivity contribution is -0.138.